The van der Waals surface area contributed by atoms with E-state index in [1.807, 2.05) is 16.9 Å². The number of aromatic nitrogens is 2. The van der Waals surface area contributed by atoms with Crippen molar-refractivity contribution >= 4 is 5.91 Å². The molecule has 30 heavy (non-hydrogen) atoms. The molecule has 0 bridgehead atoms. The van der Waals surface area contributed by atoms with E-state index in [0.29, 0.717) is 18.0 Å². The summed E-state index contributed by atoms with van der Waals surface area (Å²) in [7, 11) is 0. The summed E-state index contributed by atoms with van der Waals surface area (Å²) in [6.07, 6.45) is 5.97. The maximum atomic E-state index is 13.0. The minimum absolute atomic E-state index is 0.147. The third-order valence-electron chi connectivity index (χ3n) is 5.64. The SMILES string of the molecule is Cc1ccc(-n2cccn2)c(CN2CCC[C@@H](CNC(=O)c3ccc(F)cc3)C2)c1. The number of nitrogens with one attached hydrogen (secondary N) is 1. The van der Waals surface area contributed by atoms with Crippen LogP contribution in [0.1, 0.15) is 34.3 Å². The van der Waals surface area contributed by atoms with E-state index in [0.717, 1.165) is 38.2 Å². The predicted octanol–water partition coefficient (Wildman–Crippen LogP) is 3.96. The Bertz CT molecular complexity index is 985. The molecule has 1 aliphatic rings. The number of likely N-dealkylation sites (tertiary alicyclic amines) is 1. The van der Waals surface area contributed by atoms with Gasteiger partial charge in [0.2, 0.25) is 0 Å². The highest BCUT2D eigenvalue weighted by molar-refractivity contribution is 5.94. The molecule has 0 spiro atoms. The van der Waals surface area contributed by atoms with Gasteiger partial charge in [0.1, 0.15) is 5.82 Å². The van der Waals surface area contributed by atoms with E-state index in [2.05, 4.69) is 40.4 Å². The van der Waals surface area contributed by atoms with Crippen LogP contribution in [0.5, 0.6) is 0 Å². The monoisotopic (exact) mass is 406 g/mol. The molecule has 2 aromatic carbocycles. The lowest BCUT2D eigenvalue weighted by Gasteiger charge is -2.33. The molecule has 5 nitrogen and oxygen atoms in total. The number of halogens is 1. The molecule has 1 aliphatic heterocycles. The van der Waals surface area contributed by atoms with Crippen molar-refractivity contribution in [2.45, 2.75) is 26.3 Å². The van der Waals surface area contributed by atoms with Crippen LogP contribution in [0, 0.1) is 18.7 Å². The Labute approximate surface area is 176 Å². The lowest BCUT2D eigenvalue weighted by Crippen LogP contribution is -2.40. The lowest BCUT2D eigenvalue weighted by molar-refractivity contribution is 0.0930. The van der Waals surface area contributed by atoms with Gasteiger partial charge in [0, 0.05) is 37.6 Å². The third-order valence-corrected chi connectivity index (χ3v) is 5.64. The molecule has 1 saturated heterocycles. The van der Waals surface area contributed by atoms with E-state index < -0.39 is 0 Å². The van der Waals surface area contributed by atoms with Gasteiger partial charge in [-0.25, -0.2) is 9.07 Å². The smallest absolute Gasteiger partial charge is 0.251 e. The lowest BCUT2D eigenvalue weighted by atomic mass is 9.97. The average molecular weight is 407 g/mol. The standard InChI is InChI=1S/C24H27FN4O/c1-18-5-10-23(29-13-3-11-27-29)21(14-18)17-28-12-2-4-19(16-28)15-26-24(30)20-6-8-22(25)9-7-20/h3,5-11,13-14,19H,2,4,12,15-17H2,1H3,(H,26,30)/t19-/m0/s1. The zero-order valence-corrected chi connectivity index (χ0v) is 17.2. The molecule has 0 unspecified atom stereocenters. The van der Waals surface area contributed by atoms with Crippen molar-refractivity contribution < 1.29 is 9.18 Å². The molecular formula is C24H27FN4O. The van der Waals surface area contributed by atoms with Crippen molar-refractivity contribution in [3.05, 3.63) is 83.4 Å². The van der Waals surface area contributed by atoms with E-state index in [1.165, 1.54) is 35.4 Å². The van der Waals surface area contributed by atoms with Gasteiger partial charge >= 0.3 is 0 Å². The molecule has 2 heterocycles. The summed E-state index contributed by atoms with van der Waals surface area (Å²) in [5.74, 6) is -0.0759. The molecule has 1 aromatic heterocycles. The topological polar surface area (TPSA) is 50.2 Å². The zero-order valence-electron chi connectivity index (χ0n) is 17.2. The van der Waals surface area contributed by atoms with Crippen LogP contribution >= 0.6 is 0 Å². The van der Waals surface area contributed by atoms with E-state index >= 15 is 0 Å². The van der Waals surface area contributed by atoms with Gasteiger partial charge < -0.3 is 5.32 Å². The molecule has 4 rings (SSSR count). The van der Waals surface area contributed by atoms with E-state index in [9.17, 15) is 9.18 Å². The normalized spacial score (nSPS) is 17.1. The molecule has 3 aromatic rings. The number of hydrogen-bond donors (Lipinski definition) is 1. The summed E-state index contributed by atoms with van der Waals surface area (Å²) in [5.41, 5.74) is 4.10. The van der Waals surface area contributed by atoms with E-state index in [4.69, 9.17) is 0 Å². The molecule has 1 amide bonds. The minimum atomic E-state index is -0.333. The molecule has 6 heteroatoms. The fourth-order valence-corrected chi connectivity index (χ4v) is 4.12. The van der Waals surface area contributed by atoms with Crippen molar-refractivity contribution in [2.24, 2.45) is 5.92 Å². The van der Waals surface area contributed by atoms with Crippen LogP contribution in [-0.2, 0) is 6.54 Å². The van der Waals surface area contributed by atoms with Crippen molar-refractivity contribution in [2.75, 3.05) is 19.6 Å². The van der Waals surface area contributed by atoms with Gasteiger partial charge in [0.25, 0.3) is 5.91 Å². The number of rotatable bonds is 6. The van der Waals surface area contributed by atoms with Gasteiger partial charge in [0.05, 0.1) is 5.69 Å². The molecule has 156 valence electrons. The van der Waals surface area contributed by atoms with Gasteiger partial charge in [-0.1, -0.05) is 17.7 Å². The van der Waals surface area contributed by atoms with Crippen molar-refractivity contribution in [3.63, 3.8) is 0 Å². The van der Waals surface area contributed by atoms with Gasteiger partial charge in [-0.15, -0.1) is 0 Å². The molecule has 0 saturated carbocycles. The Morgan fingerprint density at radius 1 is 1.23 bits per heavy atom. The largest absolute Gasteiger partial charge is 0.352 e. The summed E-state index contributed by atoms with van der Waals surface area (Å²) in [5, 5.41) is 7.41. The highest BCUT2D eigenvalue weighted by Gasteiger charge is 2.22. The summed E-state index contributed by atoms with van der Waals surface area (Å²) in [4.78, 5) is 14.8. The van der Waals surface area contributed by atoms with Gasteiger partial charge in [-0.3, -0.25) is 9.69 Å². The van der Waals surface area contributed by atoms with Crippen molar-refractivity contribution in [1.29, 1.82) is 0 Å². The van der Waals surface area contributed by atoms with Crippen LogP contribution in [0.3, 0.4) is 0 Å². The van der Waals surface area contributed by atoms with Crippen LogP contribution in [0.25, 0.3) is 5.69 Å². The second-order valence-electron chi connectivity index (χ2n) is 8.04. The van der Waals surface area contributed by atoms with Crippen LogP contribution in [0.15, 0.2) is 60.9 Å². The third kappa shape index (κ3) is 4.94. The van der Waals surface area contributed by atoms with Crippen LogP contribution < -0.4 is 5.32 Å². The summed E-state index contributed by atoms with van der Waals surface area (Å²) < 4.78 is 15.0. The maximum Gasteiger partial charge on any atom is 0.251 e. The number of carbonyl (C=O) groups is 1. The van der Waals surface area contributed by atoms with Gasteiger partial charge in [-0.05, 0) is 74.2 Å². The number of aryl methyl sites for hydroxylation is 1. The molecule has 1 atom stereocenters. The fourth-order valence-electron chi connectivity index (χ4n) is 4.12. The predicted molar refractivity (Wildman–Crippen MR) is 115 cm³/mol. The first-order valence-corrected chi connectivity index (χ1v) is 10.4. The molecule has 0 aliphatic carbocycles. The summed E-state index contributed by atoms with van der Waals surface area (Å²) >= 11 is 0. The van der Waals surface area contributed by atoms with Gasteiger partial charge in [0.15, 0.2) is 0 Å². The zero-order chi connectivity index (χ0) is 20.9. The number of amides is 1. The molecule has 1 N–H and O–H groups in total. The number of nitrogens with zero attached hydrogens (tertiary/aromatic N) is 3. The summed E-state index contributed by atoms with van der Waals surface area (Å²) in [6.45, 7) is 5.59. The second-order valence-corrected chi connectivity index (χ2v) is 8.04. The Kier molecular flexibility index (Phi) is 6.23. The first kappa shape index (κ1) is 20.3. The number of benzene rings is 2. The highest BCUT2D eigenvalue weighted by atomic mass is 19.1. The molecule has 1 fully saturated rings. The van der Waals surface area contributed by atoms with E-state index in [-0.39, 0.29) is 11.7 Å². The number of hydrogen-bond acceptors (Lipinski definition) is 3. The van der Waals surface area contributed by atoms with Crippen LogP contribution in [-0.4, -0.2) is 40.2 Å². The number of piperidine rings is 1. The Hall–Kier alpha value is -2.99. The maximum absolute atomic E-state index is 13.0. The fraction of sp³-hybridized carbons (Fsp3) is 0.333. The highest BCUT2D eigenvalue weighted by Crippen LogP contribution is 2.22. The quantitative estimate of drug-likeness (QED) is 0.674. The molecular weight excluding hydrogens is 379 g/mol. The summed E-state index contributed by atoms with van der Waals surface area (Å²) in [6, 6.07) is 14.1. The van der Waals surface area contributed by atoms with Crippen molar-refractivity contribution in [3.8, 4) is 5.69 Å². The minimum Gasteiger partial charge on any atom is -0.352 e. The first-order chi connectivity index (χ1) is 14.6. The van der Waals surface area contributed by atoms with Crippen LogP contribution in [0.2, 0.25) is 0 Å². The Morgan fingerprint density at radius 3 is 2.83 bits per heavy atom. The van der Waals surface area contributed by atoms with E-state index in [1.54, 1.807) is 6.20 Å². The van der Waals surface area contributed by atoms with Crippen LogP contribution in [0.4, 0.5) is 4.39 Å². The van der Waals surface area contributed by atoms with Crippen molar-refractivity contribution in [1.82, 2.24) is 20.0 Å². The average Bonchev–Trinajstić information content (AvgIpc) is 3.27. The molecule has 0 radical (unpaired) electrons. The second kappa shape index (κ2) is 9.22. The Balaban J connectivity index is 1.37. The first-order valence-electron chi connectivity index (χ1n) is 10.4. The Morgan fingerprint density at radius 2 is 2.07 bits per heavy atom. The number of carbonyl (C=O) groups excluding carboxylic acids is 1. The van der Waals surface area contributed by atoms with Gasteiger partial charge in [-0.2, -0.15) is 5.10 Å².